The molecule has 1 heterocycles. The van der Waals surface area contributed by atoms with E-state index in [1.807, 2.05) is 88.4 Å². The van der Waals surface area contributed by atoms with Crippen LogP contribution in [0.3, 0.4) is 0 Å². The molecule has 7 heteroatoms. The molecule has 6 aromatic rings. The average molecular weight is 802 g/mol. The van der Waals surface area contributed by atoms with Crippen molar-refractivity contribution < 1.29 is 19.4 Å². The Balaban J connectivity index is 1.41. The summed E-state index contributed by atoms with van der Waals surface area (Å²) in [5.74, 6) is 0. The molecule has 0 spiro atoms. The Morgan fingerprint density at radius 3 is 1.33 bits per heavy atom. The summed E-state index contributed by atoms with van der Waals surface area (Å²) in [5, 5.41) is 13.6. The lowest BCUT2D eigenvalue weighted by atomic mass is 9.88. The van der Waals surface area contributed by atoms with Crippen molar-refractivity contribution in [2.75, 3.05) is 6.61 Å². The Hall–Kier alpha value is -5.57. The molecule has 60 heavy (non-hydrogen) atoms. The monoisotopic (exact) mass is 801 g/mol. The molecule has 0 radical (unpaired) electrons. The first-order chi connectivity index (χ1) is 29.1. The number of hydrogen-bond donors (Lipinski definition) is 1. The van der Waals surface area contributed by atoms with Gasteiger partial charge in [-0.1, -0.05) is 182 Å². The molecule has 0 aliphatic carbocycles. The fourth-order valence-electron chi connectivity index (χ4n) is 8.80. The molecule has 310 valence electrons. The van der Waals surface area contributed by atoms with Crippen LogP contribution in [-0.4, -0.2) is 62.0 Å². The molecule has 1 amide bonds. The Kier molecular flexibility index (Phi) is 13.9. The SMILES string of the molecule is CC1(C)COC(C)(C)N1C(=O)O[C@H]([C@@H](O)[C@H](c1ccccc1)N(Cc1ccccc1)Cc1ccccc1)[C@H](Cc1ccccc1)N(Cc1ccccc1)Cc1ccccc1. The molecule has 7 rings (SSSR count). The highest BCUT2D eigenvalue weighted by molar-refractivity contribution is 5.70. The Labute approximate surface area is 356 Å². The number of amides is 1. The second-order valence-corrected chi connectivity index (χ2v) is 17.1. The van der Waals surface area contributed by atoms with E-state index in [0.29, 0.717) is 39.2 Å². The number of carbonyl (C=O) groups is 1. The van der Waals surface area contributed by atoms with Crippen LogP contribution in [0.15, 0.2) is 182 Å². The average Bonchev–Trinajstić information content (AvgIpc) is 3.49. The summed E-state index contributed by atoms with van der Waals surface area (Å²) in [4.78, 5) is 21.5. The van der Waals surface area contributed by atoms with Crippen LogP contribution < -0.4 is 0 Å². The lowest BCUT2D eigenvalue weighted by molar-refractivity contribution is -0.111. The van der Waals surface area contributed by atoms with Crippen LogP contribution in [0.4, 0.5) is 4.79 Å². The van der Waals surface area contributed by atoms with Gasteiger partial charge in [-0.05, 0) is 67.5 Å². The van der Waals surface area contributed by atoms with Gasteiger partial charge < -0.3 is 14.6 Å². The fourth-order valence-corrected chi connectivity index (χ4v) is 8.80. The van der Waals surface area contributed by atoms with Crippen LogP contribution in [0.5, 0.6) is 0 Å². The predicted octanol–water partition coefficient (Wildman–Crippen LogP) is 10.5. The standard InChI is InChI=1S/C53H59N3O4/c1-52(2)40-59-53(3,4)56(52)51(58)60-50(47(35-41-23-11-5-12-24-41)54(36-42-25-13-6-14-26-42)37-43-27-15-7-16-28-43)49(57)48(46-33-21-10-22-34-46)55(38-44-29-17-8-18-30-44)39-45-31-19-9-20-32-45/h5-34,47-50,57H,35-40H2,1-4H3/t47-,48-,49-,50-/m0/s1. The molecule has 0 bridgehead atoms. The smallest absolute Gasteiger partial charge is 0.413 e. The van der Waals surface area contributed by atoms with E-state index in [0.717, 1.165) is 33.4 Å². The highest BCUT2D eigenvalue weighted by atomic mass is 16.6. The van der Waals surface area contributed by atoms with Crippen LogP contribution in [0.1, 0.15) is 67.1 Å². The van der Waals surface area contributed by atoms with Crippen LogP contribution in [0.2, 0.25) is 0 Å². The number of nitrogens with zero attached hydrogens (tertiary/aromatic N) is 3. The lowest BCUT2D eigenvalue weighted by Crippen LogP contribution is -2.59. The maximum absolute atomic E-state index is 15.1. The molecule has 0 aromatic heterocycles. The molecule has 0 unspecified atom stereocenters. The Morgan fingerprint density at radius 2 is 0.950 bits per heavy atom. The van der Waals surface area contributed by atoms with Crippen molar-refractivity contribution >= 4 is 6.09 Å². The first kappa shape index (κ1) is 42.6. The van der Waals surface area contributed by atoms with Crippen molar-refractivity contribution in [3.63, 3.8) is 0 Å². The summed E-state index contributed by atoms with van der Waals surface area (Å²) in [6.07, 6.45) is -2.22. The van der Waals surface area contributed by atoms with Gasteiger partial charge in [0.15, 0.2) is 0 Å². The van der Waals surface area contributed by atoms with Crippen molar-refractivity contribution in [1.82, 2.24) is 14.7 Å². The van der Waals surface area contributed by atoms with Gasteiger partial charge in [-0.25, -0.2) is 4.79 Å². The van der Waals surface area contributed by atoms with Crippen molar-refractivity contribution in [1.29, 1.82) is 0 Å². The first-order valence-electron chi connectivity index (χ1n) is 21.1. The van der Waals surface area contributed by atoms with Gasteiger partial charge in [0.2, 0.25) is 0 Å². The van der Waals surface area contributed by atoms with Gasteiger partial charge in [-0.3, -0.25) is 14.7 Å². The van der Waals surface area contributed by atoms with Gasteiger partial charge in [0, 0.05) is 26.2 Å². The number of carbonyl (C=O) groups excluding carboxylic acids is 1. The van der Waals surface area contributed by atoms with E-state index in [-0.39, 0.29) is 0 Å². The summed E-state index contributed by atoms with van der Waals surface area (Å²) in [7, 11) is 0. The van der Waals surface area contributed by atoms with E-state index < -0.39 is 41.6 Å². The third kappa shape index (κ3) is 10.8. The molecule has 0 saturated carbocycles. The summed E-state index contributed by atoms with van der Waals surface area (Å²) in [6.45, 7) is 10.4. The summed E-state index contributed by atoms with van der Waals surface area (Å²) >= 11 is 0. The number of aliphatic hydroxyl groups excluding tert-OH is 1. The first-order valence-corrected chi connectivity index (χ1v) is 21.1. The molecule has 1 aliphatic heterocycles. The van der Waals surface area contributed by atoms with Gasteiger partial charge in [0.1, 0.15) is 17.9 Å². The number of ether oxygens (including phenoxy) is 2. The Morgan fingerprint density at radius 1 is 0.583 bits per heavy atom. The quantitative estimate of drug-likeness (QED) is 0.0991. The zero-order valence-corrected chi connectivity index (χ0v) is 35.4. The minimum absolute atomic E-state index is 0.360. The van der Waals surface area contributed by atoms with Crippen molar-refractivity contribution in [3.8, 4) is 0 Å². The van der Waals surface area contributed by atoms with Crippen LogP contribution >= 0.6 is 0 Å². The minimum atomic E-state index is -1.19. The van der Waals surface area contributed by atoms with E-state index in [1.165, 1.54) is 0 Å². The normalized spacial score (nSPS) is 16.6. The number of aliphatic hydroxyl groups is 1. The van der Waals surface area contributed by atoms with E-state index in [9.17, 15) is 5.11 Å². The Bertz CT molecular complexity index is 2090. The largest absolute Gasteiger partial charge is 0.441 e. The highest BCUT2D eigenvalue weighted by Crippen LogP contribution is 2.38. The second kappa shape index (κ2) is 19.7. The number of rotatable bonds is 17. The topological polar surface area (TPSA) is 65.5 Å². The van der Waals surface area contributed by atoms with E-state index in [1.54, 1.807) is 4.90 Å². The fraction of sp³-hybridized carbons (Fsp3) is 0.302. The van der Waals surface area contributed by atoms with Crippen molar-refractivity contribution in [2.45, 2.75) is 95.9 Å². The number of benzene rings is 6. The lowest BCUT2D eigenvalue weighted by Gasteiger charge is -2.45. The predicted molar refractivity (Wildman–Crippen MR) is 240 cm³/mol. The summed E-state index contributed by atoms with van der Waals surface area (Å²) in [6, 6.07) is 61.1. The zero-order valence-electron chi connectivity index (χ0n) is 35.4. The third-order valence-electron chi connectivity index (χ3n) is 11.6. The molecule has 1 aliphatic rings. The van der Waals surface area contributed by atoms with Gasteiger partial charge in [0.25, 0.3) is 0 Å². The number of hydrogen-bond acceptors (Lipinski definition) is 6. The second-order valence-electron chi connectivity index (χ2n) is 17.1. The van der Waals surface area contributed by atoms with Gasteiger partial charge in [0.05, 0.1) is 24.2 Å². The highest BCUT2D eigenvalue weighted by Gasteiger charge is 2.52. The summed E-state index contributed by atoms with van der Waals surface area (Å²) in [5.41, 5.74) is 4.90. The van der Waals surface area contributed by atoms with Gasteiger partial charge in [-0.15, -0.1) is 0 Å². The van der Waals surface area contributed by atoms with Crippen LogP contribution in [0.25, 0.3) is 0 Å². The maximum atomic E-state index is 15.1. The maximum Gasteiger partial charge on any atom is 0.413 e. The van der Waals surface area contributed by atoms with E-state index >= 15 is 4.79 Å². The molecule has 1 N–H and O–H groups in total. The molecule has 1 fully saturated rings. The molecule has 6 aromatic carbocycles. The third-order valence-corrected chi connectivity index (χ3v) is 11.6. The van der Waals surface area contributed by atoms with Gasteiger partial charge >= 0.3 is 6.09 Å². The van der Waals surface area contributed by atoms with E-state index in [4.69, 9.17) is 9.47 Å². The van der Waals surface area contributed by atoms with Gasteiger partial charge in [-0.2, -0.15) is 0 Å². The molecule has 1 saturated heterocycles. The zero-order chi connectivity index (χ0) is 42.0. The van der Waals surface area contributed by atoms with Crippen LogP contribution in [0, 0.1) is 0 Å². The summed E-state index contributed by atoms with van der Waals surface area (Å²) < 4.78 is 13.2. The van der Waals surface area contributed by atoms with E-state index in [2.05, 4.69) is 131 Å². The molecule has 4 atom stereocenters. The molecule has 7 nitrogen and oxygen atoms in total. The molecular formula is C53H59N3O4. The van der Waals surface area contributed by atoms with Crippen LogP contribution in [-0.2, 0) is 42.1 Å². The van der Waals surface area contributed by atoms with Crippen molar-refractivity contribution in [3.05, 3.63) is 215 Å². The van der Waals surface area contributed by atoms with Crippen molar-refractivity contribution in [2.24, 2.45) is 0 Å². The molecular weight excluding hydrogens is 743 g/mol. The minimum Gasteiger partial charge on any atom is -0.441 e.